The van der Waals surface area contributed by atoms with Gasteiger partial charge < -0.3 is 5.73 Å². The van der Waals surface area contributed by atoms with Crippen molar-refractivity contribution in [3.63, 3.8) is 0 Å². The normalized spacial score (nSPS) is 10.8. The average molecular weight is 277 g/mol. The summed E-state index contributed by atoms with van der Waals surface area (Å²) < 4.78 is 1.90. The number of anilines is 1. The molecule has 0 fully saturated rings. The van der Waals surface area contributed by atoms with E-state index in [4.69, 9.17) is 5.73 Å². The maximum atomic E-state index is 6.12. The Labute approximate surface area is 125 Å². The monoisotopic (exact) mass is 277 g/mol. The summed E-state index contributed by atoms with van der Waals surface area (Å²) in [5, 5.41) is 4.64. The molecule has 0 spiro atoms. The van der Waals surface area contributed by atoms with Gasteiger partial charge in [-0.15, -0.1) is 0 Å². The molecule has 3 nitrogen and oxygen atoms in total. The van der Waals surface area contributed by atoms with Crippen LogP contribution in [0.15, 0.2) is 54.7 Å². The van der Waals surface area contributed by atoms with E-state index < -0.39 is 0 Å². The molecular formula is C18H19N3. The first-order chi connectivity index (χ1) is 10.1. The van der Waals surface area contributed by atoms with Crippen molar-refractivity contribution in [2.24, 2.45) is 0 Å². The molecule has 0 aliphatic rings. The number of nitrogen functional groups attached to an aromatic ring is 1. The van der Waals surface area contributed by atoms with Crippen LogP contribution in [-0.4, -0.2) is 9.78 Å². The molecule has 0 unspecified atom stereocenters. The summed E-state index contributed by atoms with van der Waals surface area (Å²) in [6, 6.07) is 16.7. The topological polar surface area (TPSA) is 43.8 Å². The van der Waals surface area contributed by atoms with Crippen LogP contribution in [0.5, 0.6) is 0 Å². The minimum atomic E-state index is 0.716. The average Bonchev–Trinajstić information content (AvgIpc) is 2.79. The highest BCUT2D eigenvalue weighted by molar-refractivity contribution is 5.72. The quantitative estimate of drug-likeness (QED) is 0.791. The molecule has 0 aliphatic carbocycles. The van der Waals surface area contributed by atoms with Crippen molar-refractivity contribution in [3.05, 3.63) is 71.4 Å². The third kappa shape index (κ3) is 2.97. The van der Waals surface area contributed by atoms with E-state index in [0.29, 0.717) is 5.69 Å². The molecule has 2 N–H and O–H groups in total. The molecule has 0 atom stereocenters. The van der Waals surface area contributed by atoms with Crippen molar-refractivity contribution in [1.82, 2.24) is 9.78 Å². The molecule has 21 heavy (non-hydrogen) atoms. The van der Waals surface area contributed by atoms with Gasteiger partial charge in [-0.3, -0.25) is 4.68 Å². The first-order valence-electron chi connectivity index (χ1n) is 7.07. The fourth-order valence-electron chi connectivity index (χ4n) is 2.53. The minimum Gasteiger partial charge on any atom is -0.396 e. The molecule has 0 amide bonds. The predicted octanol–water partition coefficient (Wildman–Crippen LogP) is 3.80. The van der Waals surface area contributed by atoms with Gasteiger partial charge in [0, 0.05) is 11.8 Å². The number of nitrogens with zero attached hydrogens (tertiary/aromatic N) is 2. The van der Waals surface area contributed by atoms with Gasteiger partial charge in [0.25, 0.3) is 0 Å². The maximum Gasteiger partial charge on any atom is 0.115 e. The summed E-state index contributed by atoms with van der Waals surface area (Å²) in [7, 11) is 0. The van der Waals surface area contributed by atoms with Crippen LogP contribution in [0.3, 0.4) is 0 Å². The fourth-order valence-corrected chi connectivity index (χ4v) is 2.53. The number of aryl methyl sites for hydroxylation is 2. The Kier molecular flexibility index (Phi) is 3.48. The van der Waals surface area contributed by atoms with Crippen LogP contribution in [-0.2, 0) is 6.54 Å². The van der Waals surface area contributed by atoms with E-state index in [1.54, 1.807) is 0 Å². The molecule has 0 bridgehead atoms. The van der Waals surface area contributed by atoms with Crippen LogP contribution >= 0.6 is 0 Å². The summed E-state index contributed by atoms with van der Waals surface area (Å²) in [6.45, 7) is 4.90. The van der Waals surface area contributed by atoms with Crippen molar-refractivity contribution < 1.29 is 0 Å². The second-order valence-corrected chi connectivity index (χ2v) is 5.49. The van der Waals surface area contributed by atoms with Crippen LogP contribution in [0, 0.1) is 13.8 Å². The van der Waals surface area contributed by atoms with Gasteiger partial charge in [-0.05, 0) is 25.5 Å². The molecule has 0 saturated carbocycles. The lowest BCUT2D eigenvalue weighted by molar-refractivity contribution is 0.689. The van der Waals surface area contributed by atoms with E-state index in [0.717, 1.165) is 17.8 Å². The first kappa shape index (κ1) is 13.4. The van der Waals surface area contributed by atoms with Gasteiger partial charge in [-0.1, -0.05) is 53.6 Å². The molecule has 0 aliphatic heterocycles. The third-order valence-corrected chi connectivity index (χ3v) is 3.51. The zero-order valence-electron chi connectivity index (χ0n) is 12.4. The Hall–Kier alpha value is -2.55. The van der Waals surface area contributed by atoms with Gasteiger partial charge in [0.05, 0.1) is 12.2 Å². The van der Waals surface area contributed by atoms with Crippen LogP contribution < -0.4 is 5.73 Å². The highest BCUT2D eigenvalue weighted by Crippen LogP contribution is 2.25. The molecule has 1 aromatic heterocycles. The molecule has 0 saturated heterocycles. The second kappa shape index (κ2) is 5.44. The first-order valence-corrected chi connectivity index (χ1v) is 7.07. The maximum absolute atomic E-state index is 6.12. The Morgan fingerprint density at radius 1 is 1.00 bits per heavy atom. The lowest BCUT2D eigenvalue weighted by Gasteiger charge is -2.03. The molecule has 3 aromatic rings. The summed E-state index contributed by atoms with van der Waals surface area (Å²) >= 11 is 0. The van der Waals surface area contributed by atoms with Crippen LogP contribution in [0.25, 0.3) is 11.3 Å². The largest absolute Gasteiger partial charge is 0.396 e. The summed E-state index contributed by atoms with van der Waals surface area (Å²) in [6.07, 6.45) is 1.90. The van der Waals surface area contributed by atoms with Crippen molar-refractivity contribution in [2.45, 2.75) is 20.4 Å². The molecule has 3 rings (SSSR count). The summed E-state index contributed by atoms with van der Waals surface area (Å²) in [5.74, 6) is 0. The van der Waals surface area contributed by atoms with E-state index in [9.17, 15) is 0 Å². The molecule has 0 radical (unpaired) electrons. The van der Waals surface area contributed by atoms with E-state index in [1.165, 1.54) is 16.7 Å². The number of aromatic nitrogens is 2. The SMILES string of the molecule is Cc1cccc(Cn2cc(N)c(-c3cccc(C)c3)n2)c1. The molecule has 3 heteroatoms. The molecular weight excluding hydrogens is 258 g/mol. The minimum absolute atomic E-state index is 0.716. The van der Waals surface area contributed by atoms with E-state index in [1.807, 2.05) is 23.0 Å². The number of hydrogen-bond donors (Lipinski definition) is 1. The Morgan fingerprint density at radius 2 is 1.71 bits per heavy atom. The van der Waals surface area contributed by atoms with E-state index in [-0.39, 0.29) is 0 Å². The lowest BCUT2D eigenvalue weighted by atomic mass is 10.1. The van der Waals surface area contributed by atoms with Crippen molar-refractivity contribution in [3.8, 4) is 11.3 Å². The number of nitrogens with two attached hydrogens (primary N) is 1. The Balaban J connectivity index is 1.91. The Morgan fingerprint density at radius 3 is 2.43 bits per heavy atom. The van der Waals surface area contributed by atoms with Crippen LogP contribution in [0.4, 0.5) is 5.69 Å². The number of benzene rings is 2. The number of hydrogen-bond acceptors (Lipinski definition) is 2. The Bertz CT molecular complexity index is 772. The van der Waals surface area contributed by atoms with Crippen molar-refractivity contribution >= 4 is 5.69 Å². The number of rotatable bonds is 3. The van der Waals surface area contributed by atoms with Gasteiger partial charge in [0.1, 0.15) is 5.69 Å². The van der Waals surface area contributed by atoms with E-state index in [2.05, 4.69) is 55.3 Å². The van der Waals surface area contributed by atoms with Gasteiger partial charge >= 0.3 is 0 Å². The summed E-state index contributed by atoms with van der Waals surface area (Å²) in [5.41, 5.74) is 12.5. The van der Waals surface area contributed by atoms with Gasteiger partial charge in [0.15, 0.2) is 0 Å². The third-order valence-electron chi connectivity index (χ3n) is 3.51. The predicted molar refractivity (Wildman–Crippen MR) is 87.1 cm³/mol. The molecule has 2 aromatic carbocycles. The van der Waals surface area contributed by atoms with E-state index >= 15 is 0 Å². The zero-order valence-corrected chi connectivity index (χ0v) is 12.4. The van der Waals surface area contributed by atoms with Gasteiger partial charge in [-0.25, -0.2) is 0 Å². The molecule has 106 valence electrons. The van der Waals surface area contributed by atoms with Crippen LogP contribution in [0.1, 0.15) is 16.7 Å². The standard InChI is InChI=1S/C18H19N3/c1-13-5-3-7-15(9-13)11-21-12-17(19)18(20-21)16-8-4-6-14(2)10-16/h3-10,12H,11,19H2,1-2H3. The highest BCUT2D eigenvalue weighted by Gasteiger charge is 2.09. The summed E-state index contributed by atoms with van der Waals surface area (Å²) in [4.78, 5) is 0. The lowest BCUT2D eigenvalue weighted by Crippen LogP contribution is -2.00. The fraction of sp³-hybridized carbons (Fsp3) is 0.167. The highest BCUT2D eigenvalue weighted by atomic mass is 15.3. The van der Waals surface area contributed by atoms with Gasteiger partial charge in [-0.2, -0.15) is 5.10 Å². The smallest absolute Gasteiger partial charge is 0.115 e. The zero-order chi connectivity index (χ0) is 14.8. The van der Waals surface area contributed by atoms with Crippen molar-refractivity contribution in [2.75, 3.05) is 5.73 Å². The molecule has 1 heterocycles. The van der Waals surface area contributed by atoms with Crippen molar-refractivity contribution in [1.29, 1.82) is 0 Å². The van der Waals surface area contributed by atoms with Crippen LogP contribution in [0.2, 0.25) is 0 Å². The second-order valence-electron chi connectivity index (χ2n) is 5.49. The van der Waals surface area contributed by atoms with Gasteiger partial charge in [0.2, 0.25) is 0 Å².